The molecular formula is C19H28N6O3. The van der Waals surface area contributed by atoms with Crippen molar-refractivity contribution >= 4 is 17.5 Å². The molecule has 0 atom stereocenters. The molecule has 2 N–H and O–H groups in total. The van der Waals surface area contributed by atoms with Crippen LogP contribution in [0.4, 0.5) is 11.6 Å². The zero-order valence-electron chi connectivity index (χ0n) is 16.7. The van der Waals surface area contributed by atoms with Crippen LogP contribution in [-0.4, -0.2) is 60.4 Å². The van der Waals surface area contributed by atoms with Gasteiger partial charge in [0, 0.05) is 44.2 Å². The highest BCUT2D eigenvalue weighted by molar-refractivity contribution is 5.76. The van der Waals surface area contributed by atoms with Gasteiger partial charge in [-0.25, -0.2) is 9.97 Å². The number of rotatable bonds is 8. The van der Waals surface area contributed by atoms with Crippen LogP contribution >= 0.6 is 0 Å². The van der Waals surface area contributed by atoms with E-state index in [1.54, 1.807) is 0 Å². The van der Waals surface area contributed by atoms with Crippen molar-refractivity contribution in [2.75, 3.05) is 49.6 Å². The van der Waals surface area contributed by atoms with Crippen LogP contribution in [0.5, 0.6) is 0 Å². The molecule has 0 bridgehead atoms. The maximum Gasteiger partial charge on any atom is 0.220 e. The maximum absolute atomic E-state index is 12.1. The van der Waals surface area contributed by atoms with Crippen LogP contribution in [0.25, 0.3) is 0 Å². The normalized spacial score (nSPS) is 14.2. The summed E-state index contributed by atoms with van der Waals surface area (Å²) >= 11 is 0. The van der Waals surface area contributed by atoms with Crippen molar-refractivity contribution in [3.63, 3.8) is 0 Å². The molecule has 3 rings (SSSR count). The molecule has 152 valence electrons. The summed E-state index contributed by atoms with van der Waals surface area (Å²) in [6, 6.07) is 1.94. The second-order valence-corrected chi connectivity index (χ2v) is 6.84. The molecule has 1 fully saturated rings. The number of morpholine rings is 1. The topological polar surface area (TPSA) is 105 Å². The van der Waals surface area contributed by atoms with Gasteiger partial charge in [0.05, 0.1) is 18.9 Å². The van der Waals surface area contributed by atoms with E-state index in [-0.39, 0.29) is 5.91 Å². The Labute approximate surface area is 164 Å². The number of nitrogens with one attached hydrogen (secondary N) is 2. The van der Waals surface area contributed by atoms with Gasteiger partial charge < -0.3 is 24.8 Å². The number of nitrogens with zero attached hydrogens (tertiary/aromatic N) is 4. The first-order valence-electron chi connectivity index (χ1n) is 9.63. The Hall–Kier alpha value is -2.68. The summed E-state index contributed by atoms with van der Waals surface area (Å²) in [6.45, 7) is 9.85. The SMILES string of the molecule is Cc1nc(NCCNC(=O)CCc2c(C)noc2C)cc(N2CCOCC2)n1. The van der Waals surface area contributed by atoms with Crippen LogP contribution in [0.1, 0.15) is 29.3 Å². The average molecular weight is 388 g/mol. The molecule has 0 spiro atoms. The van der Waals surface area contributed by atoms with Crippen molar-refractivity contribution in [3.05, 3.63) is 28.9 Å². The fourth-order valence-corrected chi connectivity index (χ4v) is 3.18. The average Bonchev–Trinajstić information content (AvgIpc) is 3.01. The number of anilines is 2. The number of hydrogen-bond acceptors (Lipinski definition) is 8. The van der Waals surface area contributed by atoms with Gasteiger partial charge in [0.25, 0.3) is 0 Å². The Bertz CT molecular complexity index is 781. The molecule has 0 saturated carbocycles. The largest absolute Gasteiger partial charge is 0.378 e. The molecule has 28 heavy (non-hydrogen) atoms. The minimum atomic E-state index is 0.00896. The summed E-state index contributed by atoms with van der Waals surface area (Å²) in [5, 5.41) is 10.1. The third kappa shape index (κ3) is 5.41. The number of carbonyl (C=O) groups is 1. The van der Waals surface area contributed by atoms with Crippen molar-refractivity contribution in [1.82, 2.24) is 20.4 Å². The van der Waals surface area contributed by atoms with Gasteiger partial charge in [-0.15, -0.1) is 0 Å². The molecule has 1 amide bonds. The number of aromatic nitrogens is 3. The molecule has 3 heterocycles. The molecule has 1 saturated heterocycles. The zero-order valence-corrected chi connectivity index (χ0v) is 16.7. The predicted octanol–water partition coefficient (Wildman–Crippen LogP) is 1.39. The van der Waals surface area contributed by atoms with Gasteiger partial charge in [0.1, 0.15) is 23.2 Å². The molecule has 9 heteroatoms. The first kappa shape index (κ1) is 20.1. The van der Waals surface area contributed by atoms with Gasteiger partial charge in [-0.2, -0.15) is 0 Å². The van der Waals surface area contributed by atoms with Gasteiger partial charge in [-0.05, 0) is 27.2 Å². The smallest absolute Gasteiger partial charge is 0.220 e. The van der Waals surface area contributed by atoms with Crippen LogP contribution in [0, 0.1) is 20.8 Å². The number of amides is 1. The Morgan fingerprint density at radius 3 is 2.68 bits per heavy atom. The molecule has 1 aliphatic rings. The minimum Gasteiger partial charge on any atom is -0.378 e. The fraction of sp³-hybridized carbons (Fsp3) is 0.579. The summed E-state index contributed by atoms with van der Waals surface area (Å²) in [5.41, 5.74) is 1.86. The molecule has 0 aliphatic carbocycles. The quantitative estimate of drug-likeness (QED) is 0.654. The van der Waals surface area contributed by atoms with Gasteiger partial charge in [0.15, 0.2) is 0 Å². The van der Waals surface area contributed by atoms with E-state index in [0.717, 1.165) is 47.6 Å². The van der Waals surface area contributed by atoms with Gasteiger partial charge in [0.2, 0.25) is 5.91 Å². The second-order valence-electron chi connectivity index (χ2n) is 6.84. The maximum atomic E-state index is 12.1. The molecule has 1 aliphatic heterocycles. The number of hydrogen-bond donors (Lipinski definition) is 2. The van der Waals surface area contributed by atoms with Crippen molar-refractivity contribution in [2.24, 2.45) is 0 Å². The van der Waals surface area contributed by atoms with Crippen molar-refractivity contribution in [2.45, 2.75) is 33.6 Å². The molecule has 2 aromatic rings. The number of aryl methyl sites for hydroxylation is 3. The van der Waals surface area contributed by atoms with Crippen LogP contribution in [0.2, 0.25) is 0 Å². The second kappa shape index (κ2) is 9.50. The standard InChI is InChI=1S/C19H28N6O3/c1-13-16(14(2)28-24-13)4-5-19(26)21-7-6-20-17-12-18(23-15(3)22-17)25-8-10-27-11-9-25/h12H,4-11H2,1-3H3,(H,21,26)(H,20,22,23). The number of carbonyl (C=O) groups excluding carboxylic acids is 1. The molecule has 0 radical (unpaired) electrons. The van der Waals surface area contributed by atoms with Crippen LogP contribution in [-0.2, 0) is 16.0 Å². The third-order valence-corrected chi connectivity index (χ3v) is 4.70. The van der Waals surface area contributed by atoms with Crippen LogP contribution < -0.4 is 15.5 Å². The highest BCUT2D eigenvalue weighted by Gasteiger charge is 2.14. The molecule has 9 nitrogen and oxygen atoms in total. The van der Waals surface area contributed by atoms with E-state index in [1.807, 2.05) is 26.8 Å². The van der Waals surface area contributed by atoms with Crippen molar-refractivity contribution in [3.8, 4) is 0 Å². The van der Waals surface area contributed by atoms with Crippen LogP contribution in [0.15, 0.2) is 10.6 Å². The van der Waals surface area contributed by atoms with Gasteiger partial charge in [-0.3, -0.25) is 4.79 Å². The third-order valence-electron chi connectivity index (χ3n) is 4.70. The Morgan fingerprint density at radius 1 is 1.18 bits per heavy atom. The predicted molar refractivity (Wildman–Crippen MR) is 106 cm³/mol. The molecule has 2 aromatic heterocycles. The summed E-state index contributed by atoms with van der Waals surface area (Å²) in [7, 11) is 0. The van der Waals surface area contributed by atoms with Crippen LogP contribution in [0.3, 0.4) is 0 Å². The lowest BCUT2D eigenvalue weighted by Gasteiger charge is -2.28. The monoisotopic (exact) mass is 388 g/mol. The highest BCUT2D eigenvalue weighted by atomic mass is 16.5. The first-order chi connectivity index (χ1) is 13.5. The van der Waals surface area contributed by atoms with Gasteiger partial charge in [-0.1, -0.05) is 5.16 Å². The van der Waals surface area contributed by atoms with E-state index < -0.39 is 0 Å². The summed E-state index contributed by atoms with van der Waals surface area (Å²) in [5.74, 6) is 3.17. The lowest BCUT2D eigenvalue weighted by atomic mass is 10.1. The van der Waals surface area contributed by atoms with Crippen molar-refractivity contribution < 1.29 is 14.1 Å². The lowest BCUT2D eigenvalue weighted by Crippen LogP contribution is -2.37. The minimum absolute atomic E-state index is 0.00896. The summed E-state index contributed by atoms with van der Waals surface area (Å²) < 4.78 is 10.5. The highest BCUT2D eigenvalue weighted by Crippen LogP contribution is 2.17. The summed E-state index contributed by atoms with van der Waals surface area (Å²) in [6.07, 6.45) is 1.05. The fourth-order valence-electron chi connectivity index (χ4n) is 3.18. The Kier molecular flexibility index (Phi) is 6.80. The zero-order chi connectivity index (χ0) is 19.9. The van der Waals surface area contributed by atoms with E-state index in [4.69, 9.17) is 9.26 Å². The van der Waals surface area contributed by atoms with Crippen molar-refractivity contribution in [1.29, 1.82) is 0 Å². The lowest BCUT2D eigenvalue weighted by molar-refractivity contribution is -0.120. The van der Waals surface area contributed by atoms with Gasteiger partial charge >= 0.3 is 0 Å². The molecule has 0 unspecified atom stereocenters. The first-order valence-corrected chi connectivity index (χ1v) is 9.63. The molecule has 0 aromatic carbocycles. The van der Waals surface area contributed by atoms with E-state index in [1.165, 1.54) is 0 Å². The summed E-state index contributed by atoms with van der Waals surface area (Å²) in [4.78, 5) is 23.2. The molecular weight excluding hydrogens is 360 g/mol. The number of ether oxygens (including phenoxy) is 1. The Morgan fingerprint density at radius 2 is 1.96 bits per heavy atom. The van der Waals surface area contributed by atoms with E-state index in [2.05, 4.69) is 30.7 Å². The van der Waals surface area contributed by atoms with E-state index >= 15 is 0 Å². The Balaban J connectivity index is 1.42. The van der Waals surface area contributed by atoms with E-state index in [9.17, 15) is 4.79 Å². The van der Waals surface area contributed by atoms with E-state index in [0.29, 0.717) is 39.1 Å².